The Morgan fingerprint density at radius 3 is 2.81 bits per heavy atom. The zero-order valence-corrected chi connectivity index (χ0v) is 14.1. The summed E-state index contributed by atoms with van der Waals surface area (Å²) in [5.74, 6) is 0. The van der Waals surface area contributed by atoms with Crippen molar-refractivity contribution in [2.45, 2.75) is 38.8 Å². The van der Waals surface area contributed by atoms with Gasteiger partial charge in [0.25, 0.3) is 10.2 Å². The van der Waals surface area contributed by atoms with E-state index in [0.717, 1.165) is 17.7 Å². The van der Waals surface area contributed by atoms with Crippen molar-refractivity contribution in [2.75, 3.05) is 26.2 Å². The Labute approximate surface area is 130 Å². The third kappa shape index (κ3) is 3.03. The molecule has 2 fully saturated rings. The summed E-state index contributed by atoms with van der Waals surface area (Å²) in [4.78, 5) is 2.39. The SMILES string of the molecule is Cc1ccc([C@H]2CCCN2S(=O)(=O)N2CCO[C@@H](C)C2)s1. The Hall–Kier alpha value is -0.470. The molecule has 0 aliphatic carbocycles. The summed E-state index contributed by atoms with van der Waals surface area (Å²) >= 11 is 1.70. The van der Waals surface area contributed by atoms with Crippen LogP contribution < -0.4 is 0 Å². The Morgan fingerprint density at radius 1 is 1.33 bits per heavy atom. The van der Waals surface area contributed by atoms with Crippen LogP contribution in [-0.4, -0.2) is 49.4 Å². The number of hydrogen-bond acceptors (Lipinski definition) is 4. The molecule has 0 unspecified atom stereocenters. The van der Waals surface area contributed by atoms with Crippen LogP contribution in [0.2, 0.25) is 0 Å². The van der Waals surface area contributed by atoms with E-state index in [1.165, 1.54) is 4.88 Å². The van der Waals surface area contributed by atoms with Crippen molar-refractivity contribution in [3.63, 3.8) is 0 Å². The quantitative estimate of drug-likeness (QED) is 0.853. The summed E-state index contributed by atoms with van der Waals surface area (Å²) in [6, 6.07) is 4.15. The zero-order chi connectivity index (χ0) is 15.0. The van der Waals surface area contributed by atoms with Gasteiger partial charge in [0.1, 0.15) is 0 Å². The molecule has 0 radical (unpaired) electrons. The van der Waals surface area contributed by atoms with E-state index >= 15 is 0 Å². The van der Waals surface area contributed by atoms with Crippen LogP contribution in [0.5, 0.6) is 0 Å². The molecule has 0 amide bonds. The van der Waals surface area contributed by atoms with Gasteiger partial charge < -0.3 is 4.74 Å². The van der Waals surface area contributed by atoms with Gasteiger partial charge in [0.15, 0.2) is 0 Å². The Balaban J connectivity index is 1.83. The van der Waals surface area contributed by atoms with Crippen molar-refractivity contribution < 1.29 is 13.2 Å². The molecular formula is C14H22N2O3S2. The van der Waals surface area contributed by atoms with Crippen LogP contribution in [0.25, 0.3) is 0 Å². The molecule has 3 rings (SSSR count). The van der Waals surface area contributed by atoms with Crippen molar-refractivity contribution >= 4 is 21.5 Å². The Bertz CT molecular complexity index is 599. The molecule has 7 heteroatoms. The Kier molecular flexibility index (Phi) is 4.38. The van der Waals surface area contributed by atoms with Crippen molar-refractivity contribution in [3.05, 3.63) is 21.9 Å². The molecule has 2 aliphatic heterocycles. The molecule has 3 heterocycles. The van der Waals surface area contributed by atoms with Gasteiger partial charge in [-0.25, -0.2) is 0 Å². The average molecular weight is 330 g/mol. The minimum atomic E-state index is -3.39. The van der Waals surface area contributed by atoms with Crippen molar-refractivity contribution in [3.8, 4) is 0 Å². The van der Waals surface area contributed by atoms with E-state index in [1.54, 1.807) is 19.9 Å². The van der Waals surface area contributed by atoms with E-state index in [2.05, 4.69) is 19.1 Å². The number of aryl methyl sites for hydroxylation is 1. The van der Waals surface area contributed by atoms with Crippen LogP contribution in [0.15, 0.2) is 12.1 Å². The molecule has 21 heavy (non-hydrogen) atoms. The summed E-state index contributed by atoms with van der Waals surface area (Å²) in [6.45, 7) is 6.00. The zero-order valence-electron chi connectivity index (χ0n) is 12.5. The molecule has 2 saturated heterocycles. The smallest absolute Gasteiger partial charge is 0.282 e. The molecule has 1 aromatic heterocycles. The third-order valence-corrected chi connectivity index (χ3v) is 7.24. The van der Waals surface area contributed by atoms with Gasteiger partial charge in [-0.15, -0.1) is 11.3 Å². The molecule has 0 aromatic carbocycles. The van der Waals surface area contributed by atoms with Gasteiger partial charge >= 0.3 is 0 Å². The highest BCUT2D eigenvalue weighted by atomic mass is 32.2. The fourth-order valence-corrected chi connectivity index (χ4v) is 6.07. The lowest BCUT2D eigenvalue weighted by molar-refractivity contribution is 0.00812. The van der Waals surface area contributed by atoms with E-state index in [-0.39, 0.29) is 12.1 Å². The van der Waals surface area contributed by atoms with Gasteiger partial charge in [-0.2, -0.15) is 17.0 Å². The fourth-order valence-electron chi connectivity index (χ4n) is 3.08. The fraction of sp³-hybridized carbons (Fsp3) is 0.714. The summed E-state index contributed by atoms with van der Waals surface area (Å²) in [7, 11) is -3.39. The molecule has 0 N–H and O–H groups in total. The van der Waals surface area contributed by atoms with Gasteiger partial charge in [0, 0.05) is 29.4 Å². The predicted octanol–water partition coefficient (Wildman–Crippen LogP) is 2.16. The normalized spacial score (nSPS) is 29.0. The van der Waals surface area contributed by atoms with E-state index in [9.17, 15) is 8.42 Å². The van der Waals surface area contributed by atoms with Crippen LogP contribution in [0.1, 0.15) is 35.6 Å². The van der Waals surface area contributed by atoms with Gasteiger partial charge in [0.05, 0.1) is 18.8 Å². The van der Waals surface area contributed by atoms with Gasteiger partial charge in [-0.1, -0.05) is 0 Å². The van der Waals surface area contributed by atoms with Crippen molar-refractivity contribution in [2.24, 2.45) is 0 Å². The van der Waals surface area contributed by atoms with Gasteiger partial charge in [0.2, 0.25) is 0 Å². The molecule has 5 nitrogen and oxygen atoms in total. The van der Waals surface area contributed by atoms with Crippen LogP contribution in [0, 0.1) is 6.92 Å². The molecule has 1 aromatic rings. The second kappa shape index (κ2) is 5.96. The second-order valence-corrected chi connectivity index (χ2v) is 8.96. The summed E-state index contributed by atoms with van der Waals surface area (Å²) in [5.41, 5.74) is 0. The predicted molar refractivity (Wildman–Crippen MR) is 83.6 cm³/mol. The summed E-state index contributed by atoms with van der Waals surface area (Å²) in [5, 5.41) is 0. The largest absolute Gasteiger partial charge is 0.376 e. The Morgan fingerprint density at radius 2 is 2.14 bits per heavy atom. The maximum Gasteiger partial charge on any atom is 0.282 e. The molecule has 2 aliphatic rings. The van der Waals surface area contributed by atoms with E-state index in [1.807, 2.05) is 6.92 Å². The summed E-state index contributed by atoms with van der Waals surface area (Å²) < 4.78 is 34.6. The first-order chi connectivity index (χ1) is 9.98. The molecular weight excluding hydrogens is 308 g/mol. The average Bonchev–Trinajstić information content (AvgIpc) is 3.07. The van der Waals surface area contributed by atoms with Crippen molar-refractivity contribution in [1.29, 1.82) is 0 Å². The first-order valence-electron chi connectivity index (χ1n) is 7.43. The van der Waals surface area contributed by atoms with Crippen LogP contribution in [-0.2, 0) is 14.9 Å². The highest BCUT2D eigenvalue weighted by Gasteiger charge is 2.40. The van der Waals surface area contributed by atoms with E-state index < -0.39 is 10.2 Å². The van der Waals surface area contributed by atoms with Crippen LogP contribution >= 0.6 is 11.3 Å². The molecule has 0 saturated carbocycles. The standard InChI is InChI=1S/C14H22N2O3S2/c1-11-10-15(8-9-19-11)21(17,18)16-7-3-4-13(16)14-6-5-12(2)20-14/h5-6,11,13H,3-4,7-10H2,1-2H3/t11-,13+/m0/s1. The monoisotopic (exact) mass is 330 g/mol. The second-order valence-electron chi connectivity index (χ2n) is 5.76. The molecule has 0 spiro atoms. The maximum atomic E-state index is 12.9. The highest BCUT2D eigenvalue weighted by Crippen LogP contribution is 2.38. The molecule has 2 atom stereocenters. The maximum absolute atomic E-state index is 12.9. The van der Waals surface area contributed by atoms with Crippen molar-refractivity contribution in [1.82, 2.24) is 8.61 Å². The number of nitrogens with zero attached hydrogens (tertiary/aromatic N) is 2. The third-order valence-electron chi connectivity index (χ3n) is 4.12. The minimum Gasteiger partial charge on any atom is -0.376 e. The molecule has 0 bridgehead atoms. The minimum absolute atomic E-state index is 0.00634. The lowest BCUT2D eigenvalue weighted by atomic mass is 10.2. The highest BCUT2D eigenvalue weighted by molar-refractivity contribution is 7.86. The number of hydrogen-bond donors (Lipinski definition) is 0. The lowest BCUT2D eigenvalue weighted by Gasteiger charge is -2.35. The number of thiophene rings is 1. The van der Waals surface area contributed by atoms with Gasteiger partial charge in [-0.05, 0) is 38.8 Å². The number of morpholine rings is 1. The first kappa shape index (κ1) is 15.4. The lowest BCUT2D eigenvalue weighted by Crippen LogP contribution is -2.50. The number of rotatable bonds is 3. The molecule has 118 valence electrons. The van der Waals surface area contributed by atoms with Crippen LogP contribution in [0.3, 0.4) is 0 Å². The van der Waals surface area contributed by atoms with Gasteiger partial charge in [-0.3, -0.25) is 0 Å². The summed E-state index contributed by atoms with van der Waals surface area (Å²) in [6.07, 6.45) is 1.82. The topological polar surface area (TPSA) is 49.9 Å². The van der Waals surface area contributed by atoms with E-state index in [4.69, 9.17) is 4.74 Å². The van der Waals surface area contributed by atoms with E-state index in [0.29, 0.717) is 26.2 Å². The number of ether oxygens (including phenoxy) is 1. The van der Waals surface area contributed by atoms with Crippen LogP contribution in [0.4, 0.5) is 0 Å². The first-order valence-corrected chi connectivity index (χ1v) is 9.64.